The Morgan fingerprint density at radius 2 is 1.52 bits per heavy atom. The zero-order valence-electron chi connectivity index (χ0n) is 14.7. The molecule has 25 heavy (non-hydrogen) atoms. The topological polar surface area (TPSA) is 112 Å². The van der Waals surface area contributed by atoms with Crippen molar-refractivity contribution >= 4 is 24.2 Å². The van der Waals surface area contributed by atoms with E-state index in [-0.39, 0.29) is 50.5 Å². The first-order chi connectivity index (χ1) is 12.0. The molecule has 0 aliphatic rings. The van der Waals surface area contributed by atoms with Crippen LogP contribution in [0.1, 0.15) is 59.3 Å². The second-order valence-corrected chi connectivity index (χ2v) is 5.00. The van der Waals surface area contributed by atoms with E-state index in [0.29, 0.717) is 17.4 Å². The average molecular weight is 353 g/mol. The highest BCUT2D eigenvalue weighted by molar-refractivity contribution is 5.94. The van der Waals surface area contributed by atoms with Crippen LogP contribution in [0.4, 0.5) is 0 Å². The van der Waals surface area contributed by atoms with E-state index in [0.717, 1.165) is 0 Å². The van der Waals surface area contributed by atoms with Crippen LogP contribution in [-0.2, 0) is 36.6 Å². The highest BCUT2D eigenvalue weighted by Crippen LogP contribution is 2.22. The van der Waals surface area contributed by atoms with Crippen molar-refractivity contribution in [3.63, 3.8) is 0 Å². The highest BCUT2D eigenvalue weighted by Gasteiger charge is 2.25. The van der Waals surface area contributed by atoms with Crippen LogP contribution in [0.2, 0.25) is 0 Å². The third kappa shape index (κ3) is 5.74. The van der Waals surface area contributed by atoms with Crippen molar-refractivity contribution in [1.82, 2.24) is 4.98 Å². The monoisotopic (exact) mass is 353 g/mol. The van der Waals surface area contributed by atoms with Crippen molar-refractivity contribution in [2.75, 3.05) is 19.8 Å². The SMILES string of the molecule is CCOC(=O)CCc1c(C=O)[nH]c(C(=O)OCC)c1CC(=O)OCC. The number of aromatic nitrogens is 1. The molecule has 1 aromatic rings. The van der Waals surface area contributed by atoms with Gasteiger partial charge in [0.25, 0.3) is 0 Å². The van der Waals surface area contributed by atoms with E-state index in [2.05, 4.69) is 4.98 Å². The second kappa shape index (κ2) is 10.3. The maximum Gasteiger partial charge on any atom is 0.355 e. The first kappa shape index (κ1) is 20.4. The maximum atomic E-state index is 12.1. The Morgan fingerprint density at radius 3 is 2.08 bits per heavy atom. The molecule has 0 radical (unpaired) electrons. The Balaban J connectivity index is 3.20. The number of carbonyl (C=O) groups is 4. The summed E-state index contributed by atoms with van der Waals surface area (Å²) >= 11 is 0. The molecule has 8 nitrogen and oxygen atoms in total. The summed E-state index contributed by atoms with van der Waals surface area (Å²) in [5.74, 6) is -1.64. The Morgan fingerprint density at radius 1 is 0.920 bits per heavy atom. The highest BCUT2D eigenvalue weighted by atomic mass is 16.5. The summed E-state index contributed by atoms with van der Waals surface area (Å²) in [6.07, 6.45) is 0.504. The van der Waals surface area contributed by atoms with Crippen LogP contribution in [0.25, 0.3) is 0 Å². The van der Waals surface area contributed by atoms with Gasteiger partial charge in [-0.2, -0.15) is 0 Å². The third-order valence-electron chi connectivity index (χ3n) is 3.36. The predicted molar refractivity (Wildman–Crippen MR) is 87.4 cm³/mol. The summed E-state index contributed by atoms with van der Waals surface area (Å²) in [5, 5.41) is 0. The number of hydrogen-bond acceptors (Lipinski definition) is 7. The molecule has 1 rings (SSSR count). The molecule has 0 atom stereocenters. The smallest absolute Gasteiger partial charge is 0.355 e. The number of nitrogens with one attached hydrogen (secondary N) is 1. The fraction of sp³-hybridized carbons (Fsp3) is 0.529. The summed E-state index contributed by atoms with van der Waals surface area (Å²) < 4.78 is 14.7. The zero-order valence-corrected chi connectivity index (χ0v) is 14.7. The Kier molecular flexibility index (Phi) is 8.38. The molecule has 1 N–H and O–H groups in total. The van der Waals surface area contributed by atoms with Gasteiger partial charge in [-0.3, -0.25) is 14.4 Å². The van der Waals surface area contributed by atoms with Gasteiger partial charge in [0, 0.05) is 6.42 Å². The lowest BCUT2D eigenvalue weighted by Gasteiger charge is -2.08. The van der Waals surface area contributed by atoms with Gasteiger partial charge in [0.05, 0.1) is 31.9 Å². The molecule has 0 aliphatic carbocycles. The molecule has 0 spiro atoms. The van der Waals surface area contributed by atoms with E-state index in [1.54, 1.807) is 20.8 Å². The third-order valence-corrected chi connectivity index (χ3v) is 3.36. The van der Waals surface area contributed by atoms with E-state index in [9.17, 15) is 19.2 Å². The van der Waals surface area contributed by atoms with Gasteiger partial charge in [0.1, 0.15) is 5.69 Å². The lowest BCUT2D eigenvalue weighted by atomic mass is 10.0. The Labute approximate surface area is 145 Å². The summed E-state index contributed by atoms with van der Waals surface area (Å²) in [6.45, 7) is 5.59. The molecule has 0 aromatic carbocycles. The van der Waals surface area contributed by atoms with Crippen LogP contribution in [0.15, 0.2) is 0 Å². The average Bonchev–Trinajstić information content (AvgIpc) is 2.91. The number of aldehydes is 1. The van der Waals surface area contributed by atoms with Crippen molar-refractivity contribution in [2.45, 2.75) is 40.0 Å². The minimum absolute atomic E-state index is 0.0185. The normalized spacial score (nSPS) is 10.2. The van der Waals surface area contributed by atoms with Crippen LogP contribution in [-0.4, -0.2) is 49.0 Å². The lowest BCUT2D eigenvalue weighted by Crippen LogP contribution is -2.14. The molecule has 0 saturated heterocycles. The van der Waals surface area contributed by atoms with Crippen molar-refractivity contribution in [1.29, 1.82) is 0 Å². The Hall–Kier alpha value is -2.64. The summed E-state index contributed by atoms with van der Waals surface area (Å²) in [4.78, 5) is 49.6. The molecule has 1 aromatic heterocycles. The quantitative estimate of drug-likeness (QED) is 0.386. The number of hydrogen-bond donors (Lipinski definition) is 1. The van der Waals surface area contributed by atoms with Crippen LogP contribution < -0.4 is 0 Å². The van der Waals surface area contributed by atoms with Crippen LogP contribution >= 0.6 is 0 Å². The minimum Gasteiger partial charge on any atom is -0.466 e. The standard InChI is InChI=1S/C17H23NO7/c1-4-23-14(20)8-7-11-12(9-15(21)24-5-2)16(17(22)25-6-3)18-13(11)10-19/h10,18H,4-9H2,1-3H3. The predicted octanol–water partition coefficient (Wildman–Crippen LogP) is 1.61. The maximum absolute atomic E-state index is 12.1. The van der Waals surface area contributed by atoms with Gasteiger partial charge in [0.15, 0.2) is 6.29 Å². The van der Waals surface area contributed by atoms with Crippen molar-refractivity contribution in [2.24, 2.45) is 0 Å². The molecule has 0 amide bonds. The van der Waals surface area contributed by atoms with E-state index in [1.165, 1.54) is 0 Å². The van der Waals surface area contributed by atoms with Crippen molar-refractivity contribution in [3.8, 4) is 0 Å². The first-order valence-electron chi connectivity index (χ1n) is 8.15. The summed E-state index contributed by atoms with van der Waals surface area (Å²) in [7, 11) is 0. The first-order valence-corrected chi connectivity index (χ1v) is 8.15. The summed E-state index contributed by atoms with van der Waals surface area (Å²) in [5.41, 5.74) is 0.880. The number of ether oxygens (including phenoxy) is 3. The second-order valence-electron chi connectivity index (χ2n) is 5.00. The molecule has 1 heterocycles. The van der Waals surface area contributed by atoms with Crippen molar-refractivity contribution < 1.29 is 33.4 Å². The molecule has 0 fully saturated rings. The fourth-order valence-electron chi connectivity index (χ4n) is 2.37. The number of aromatic amines is 1. The number of H-pyrrole nitrogens is 1. The zero-order chi connectivity index (χ0) is 18.8. The molecular weight excluding hydrogens is 330 g/mol. The number of esters is 3. The minimum atomic E-state index is -0.674. The fourth-order valence-corrected chi connectivity index (χ4v) is 2.37. The van der Waals surface area contributed by atoms with E-state index in [4.69, 9.17) is 14.2 Å². The van der Waals surface area contributed by atoms with Gasteiger partial charge >= 0.3 is 17.9 Å². The molecule has 0 saturated carbocycles. The molecule has 138 valence electrons. The van der Waals surface area contributed by atoms with Gasteiger partial charge in [-0.15, -0.1) is 0 Å². The molecule has 8 heteroatoms. The molecule has 0 aliphatic heterocycles. The summed E-state index contributed by atoms with van der Waals surface area (Å²) in [6, 6.07) is 0. The van der Waals surface area contributed by atoms with Gasteiger partial charge in [-0.05, 0) is 38.3 Å². The van der Waals surface area contributed by atoms with E-state index < -0.39 is 17.9 Å². The van der Waals surface area contributed by atoms with E-state index >= 15 is 0 Å². The number of rotatable bonds is 10. The largest absolute Gasteiger partial charge is 0.466 e. The van der Waals surface area contributed by atoms with E-state index in [1.807, 2.05) is 0 Å². The van der Waals surface area contributed by atoms with Crippen LogP contribution in [0.5, 0.6) is 0 Å². The number of carbonyl (C=O) groups excluding carboxylic acids is 4. The van der Waals surface area contributed by atoms with Gasteiger partial charge in [0.2, 0.25) is 0 Å². The van der Waals surface area contributed by atoms with Crippen LogP contribution in [0.3, 0.4) is 0 Å². The van der Waals surface area contributed by atoms with Gasteiger partial charge in [-0.1, -0.05) is 0 Å². The van der Waals surface area contributed by atoms with Gasteiger partial charge < -0.3 is 19.2 Å². The van der Waals surface area contributed by atoms with Crippen molar-refractivity contribution in [3.05, 3.63) is 22.5 Å². The van der Waals surface area contributed by atoms with Crippen LogP contribution in [0, 0.1) is 0 Å². The molecule has 0 unspecified atom stereocenters. The Bertz CT molecular complexity index is 633. The molecular formula is C17H23NO7. The van der Waals surface area contributed by atoms with Gasteiger partial charge in [-0.25, -0.2) is 4.79 Å². The lowest BCUT2D eigenvalue weighted by molar-refractivity contribution is -0.143. The molecule has 0 bridgehead atoms.